The molecule has 0 spiro atoms. The average Bonchev–Trinajstić information content (AvgIpc) is 3.60. The molecule has 3 aromatic carbocycles. The first-order valence-corrected chi connectivity index (χ1v) is 16.0. The number of aromatic nitrogens is 2. The molecule has 1 N–H and O–H groups in total. The van der Waals surface area contributed by atoms with E-state index in [0.717, 1.165) is 18.4 Å². The van der Waals surface area contributed by atoms with Gasteiger partial charge in [0.2, 0.25) is 5.13 Å². The summed E-state index contributed by atoms with van der Waals surface area (Å²) in [7, 11) is 0. The lowest BCUT2D eigenvalue weighted by Gasteiger charge is -2.22. The van der Waals surface area contributed by atoms with Crippen molar-refractivity contribution in [2.45, 2.75) is 49.7 Å². The van der Waals surface area contributed by atoms with E-state index >= 15 is 0 Å². The second-order valence-corrected chi connectivity index (χ2v) is 12.3. The molecule has 1 atom stereocenters. The molecule has 5 rings (SSSR count). The normalized spacial score (nSPS) is 16.1. The molecule has 1 aromatic heterocycles. The number of carbonyl (C=O) groups is 2. The summed E-state index contributed by atoms with van der Waals surface area (Å²) in [5.41, 5.74) is 3.36. The van der Waals surface area contributed by atoms with Crippen LogP contribution in [0, 0.1) is 6.92 Å². The Morgan fingerprint density at radius 1 is 0.884 bits per heavy atom. The maximum atomic E-state index is 13.6. The van der Waals surface area contributed by atoms with E-state index in [2.05, 4.69) is 34.5 Å². The average molecular weight is 616 g/mol. The van der Waals surface area contributed by atoms with E-state index in [0.29, 0.717) is 45.9 Å². The lowest BCUT2D eigenvalue weighted by molar-refractivity contribution is -0.132. The van der Waals surface area contributed by atoms with Crippen molar-refractivity contribution in [3.63, 3.8) is 0 Å². The summed E-state index contributed by atoms with van der Waals surface area (Å²) in [6, 6.07) is 21.4. The highest BCUT2D eigenvalue weighted by atomic mass is 32.2. The largest absolute Gasteiger partial charge is 0.507 e. The van der Waals surface area contributed by atoms with Gasteiger partial charge in [0.25, 0.3) is 5.78 Å². The Hall–Kier alpha value is -4.15. The van der Waals surface area contributed by atoms with Gasteiger partial charge in [-0.05, 0) is 67.3 Å². The molecule has 0 radical (unpaired) electrons. The first-order valence-electron chi connectivity index (χ1n) is 14.2. The maximum Gasteiger partial charge on any atom is 0.301 e. The number of anilines is 1. The number of hydrogen-bond acceptors (Lipinski definition) is 9. The molecule has 1 fully saturated rings. The summed E-state index contributed by atoms with van der Waals surface area (Å²) in [5, 5.41) is 20.3. The number of thioether (sulfide) groups is 1. The highest BCUT2D eigenvalue weighted by Gasteiger charge is 2.48. The van der Waals surface area contributed by atoms with E-state index in [9.17, 15) is 14.7 Å². The summed E-state index contributed by atoms with van der Waals surface area (Å²) in [6.07, 6.45) is 1.73. The van der Waals surface area contributed by atoms with Crippen LogP contribution in [0.5, 0.6) is 11.5 Å². The number of amides is 1. The van der Waals surface area contributed by atoms with Gasteiger partial charge < -0.3 is 14.6 Å². The lowest BCUT2D eigenvalue weighted by atomic mass is 9.95. The number of hydrogen-bond donors (Lipinski definition) is 1. The molecule has 0 saturated carbocycles. The minimum atomic E-state index is -0.904. The number of ether oxygens (including phenoxy) is 2. The second-order valence-electron chi connectivity index (χ2n) is 10.1. The second kappa shape index (κ2) is 13.9. The van der Waals surface area contributed by atoms with Crippen LogP contribution < -0.4 is 14.4 Å². The molecule has 1 unspecified atom stereocenters. The first-order chi connectivity index (χ1) is 20.9. The van der Waals surface area contributed by atoms with Crippen molar-refractivity contribution < 1.29 is 24.2 Å². The molecule has 0 bridgehead atoms. The van der Waals surface area contributed by atoms with Crippen LogP contribution in [-0.4, -0.2) is 40.2 Å². The van der Waals surface area contributed by atoms with Crippen LogP contribution in [0.2, 0.25) is 0 Å². The van der Waals surface area contributed by atoms with Crippen LogP contribution in [0.15, 0.2) is 82.7 Å². The van der Waals surface area contributed by atoms with Crippen molar-refractivity contribution >= 4 is 45.7 Å². The zero-order valence-corrected chi connectivity index (χ0v) is 25.9. The topological polar surface area (TPSA) is 102 Å². The summed E-state index contributed by atoms with van der Waals surface area (Å²) in [5.74, 6) is 0.196. The van der Waals surface area contributed by atoms with E-state index < -0.39 is 17.7 Å². The monoisotopic (exact) mass is 615 g/mol. The lowest BCUT2D eigenvalue weighted by Crippen LogP contribution is -2.29. The molecule has 222 valence electrons. The van der Waals surface area contributed by atoms with Crippen LogP contribution in [0.3, 0.4) is 0 Å². The summed E-state index contributed by atoms with van der Waals surface area (Å²) >= 11 is 2.75. The van der Waals surface area contributed by atoms with E-state index in [1.54, 1.807) is 48.5 Å². The molecule has 0 aliphatic carbocycles. The Labute approximate surface area is 259 Å². The Morgan fingerprint density at radius 2 is 1.49 bits per heavy atom. The van der Waals surface area contributed by atoms with Crippen molar-refractivity contribution in [1.29, 1.82) is 0 Å². The fourth-order valence-corrected chi connectivity index (χ4v) is 6.41. The van der Waals surface area contributed by atoms with Gasteiger partial charge >= 0.3 is 5.91 Å². The van der Waals surface area contributed by atoms with Crippen LogP contribution >= 0.6 is 23.1 Å². The zero-order valence-electron chi connectivity index (χ0n) is 24.3. The highest BCUT2D eigenvalue weighted by molar-refractivity contribution is 8.00. The molecule has 1 amide bonds. The van der Waals surface area contributed by atoms with Crippen molar-refractivity contribution in [1.82, 2.24) is 10.2 Å². The minimum Gasteiger partial charge on any atom is -0.507 e. The number of nitrogens with zero attached hydrogens (tertiary/aromatic N) is 3. The number of aliphatic hydroxyl groups is 1. The number of ketones is 1. The van der Waals surface area contributed by atoms with Gasteiger partial charge in [-0.25, -0.2) is 0 Å². The Morgan fingerprint density at radius 3 is 2.09 bits per heavy atom. The molecule has 10 heteroatoms. The number of aryl methyl sites for hydroxylation is 1. The van der Waals surface area contributed by atoms with Crippen LogP contribution in [0.4, 0.5) is 5.13 Å². The predicted octanol–water partition coefficient (Wildman–Crippen LogP) is 7.34. The van der Waals surface area contributed by atoms with Gasteiger partial charge in [0.15, 0.2) is 4.34 Å². The molecular formula is C33H33N3O5S2. The van der Waals surface area contributed by atoms with Crippen molar-refractivity contribution in [3.05, 3.63) is 101 Å². The van der Waals surface area contributed by atoms with E-state index in [-0.39, 0.29) is 16.5 Å². The van der Waals surface area contributed by atoms with Crippen LogP contribution in [-0.2, 0) is 15.3 Å². The Kier molecular flexibility index (Phi) is 9.79. The first kappa shape index (κ1) is 30.3. The summed E-state index contributed by atoms with van der Waals surface area (Å²) in [6.45, 7) is 7.23. The van der Waals surface area contributed by atoms with Gasteiger partial charge in [0, 0.05) is 11.3 Å². The number of aliphatic hydroxyl groups excluding tert-OH is 1. The van der Waals surface area contributed by atoms with Gasteiger partial charge in [-0.2, -0.15) is 0 Å². The molecule has 1 aliphatic heterocycles. The zero-order chi connectivity index (χ0) is 30.3. The van der Waals surface area contributed by atoms with Gasteiger partial charge in [-0.1, -0.05) is 78.9 Å². The number of Topliss-reactive ketones (excluding diaryl/α,β-unsaturated/α-hetero) is 1. The fourth-order valence-electron chi connectivity index (χ4n) is 4.58. The summed E-state index contributed by atoms with van der Waals surface area (Å²) < 4.78 is 12.1. The Balaban J connectivity index is 1.50. The molecule has 8 nitrogen and oxygen atoms in total. The third-order valence-corrected chi connectivity index (χ3v) is 8.93. The Bertz CT molecular complexity index is 1600. The number of rotatable bonds is 12. The van der Waals surface area contributed by atoms with Crippen molar-refractivity contribution in [2.75, 3.05) is 18.1 Å². The molecule has 1 aliphatic rings. The number of carbonyl (C=O) groups excluding carboxylic acids is 2. The molecule has 43 heavy (non-hydrogen) atoms. The quantitative estimate of drug-likeness (QED) is 0.0581. The standard InChI is InChI=1S/C33H33N3O5S2/c1-4-18-40-25-14-10-23(11-15-25)28-27(29(37)24-12-16-26(17-13-24)41-19-5-2)30(38)31(39)36(28)32-34-35-33(43-32)42-20-22-8-6-21(3)7-9-22/h6-17,28,37H,4-5,18-20H2,1-3H3/b29-27-. The van der Waals surface area contributed by atoms with Crippen LogP contribution in [0.25, 0.3) is 5.76 Å². The molecular weight excluding hydrogens is 583 g/mol. The van der Waals surface area contributed by atoms with Crippen molar-refractivity contribution in [3.8, 4) is 11.5 Å². The SMILES string of the molecule is CCCOc1ccc(/C(O)=C2/C(=O)C(=O)N(c3nnc(SCc4ccc(C)cc4)s3)C2c2ccc(OCCC)cc2)cc1. The van der Waals surface area contributed by atoms with Gasteiger partial charge in [0.1, 0.15) is 17.3 Å². The van der Waals surface area contributed by atoms with Crippen molar-refractivity contribution in [2.24, 2.45) is 0 Å². The molecule has 4 aromatic rings. The third-order valence-electron chi connectivity index (χ3n) is 6.80. The maximum absolute atomic E-state index is 13.6. The van der Waals surface area contributed by atoms with Gasteiger partial charge in [0.05, 0.1) is 24.8 Å². The van der Waals surface area contributed by atoms with E-state index in [4.69, 9.17) is 9.47 Å². The summed E-state index contributed by atoms with van der Waals surface area (Å²) in [4.78, 5) is 28.4. The highest BCUT2D eigenvalue weighted by Crippen LogP contribution is 2.44. The predicted molar refractivity (Wildman–Crippen MR) is 170 cm³/mol. The molecule has 1 saturated heterocycles. The van der Waals surface area contributed by atoms with Gasteiger partial charge in [-0.15, -0.1) is 10.2 Å². The van der Waals surface area contributed by atoms with E-state index in [1.165, 1.54) is 33.6 Å². The number of benzene rings is 3. The minimum absolute atomic E-state index is 0.0153. The van der Waals surface area contributed by atoms with E-state index in [1.807, 2.05) is 20.8 Å². The third kappa shape index (κ3) is 6.92. The smallest absolute Gasteiger partial charge is 0.301 e. The fraction of sp³-hybridized carbons (Fsp3) is 0.273. The molecule has 2 heterocycles. The van der Waals surface area contributed by atoms with Crippen LogP contribution in [0.1, 0.15) is 55.0 Å². The van der Waals surface area contributed by atoms with Gasteiger partial charge in [-0.3, -0.25) is 14.5 Å².